The van der Waals surface area contributed by atoms with E-state index in [-0.39, 0.29) is 17.6 Å². The highest BCUT2D eigenvalue weighted by Crippen LogP contribution is 2.61. The summed E-state index contributed by atoms with van der Waals surface area (Å²) in [6, 6.07) is 0. The maximum absolute atomic E-state index is 13.5. The Balaban J connectivity index is 1.46. The fourth-order valence-corrected chi connectivity index (χ4v) is 8.99. The van der Waals surface area contributed by atoms with Crippen molar-refractivity contribution in [2.75, 3.05) is 13.1 Å². The Labute approximate surface area is 208 Å². The maximum Gasteiger partial charge on any atom is 0.338 e. The van der Waals surface area contributed by atoms with Gasteiger partial charge in [-0.25, -0.2) is 0 Å². The van der Waals surface area contributed by atoms with E-state index in [9.17, 15) is 13.5 Å². The van der Waals surface area contributed by atoms with Crippen molar-refractivity contribution in [3.05, 3.63) is 23.3 Å². The number of aliphatic hydroxyl groups excluding tert-OH is 1. The Morgan fingerprint density at radius 2 is 1.76 bits per heavy atom. The van der Waals surface area contributed by atoms with Gasteiger partial charge in [0.2, 0.25) is 0 Å². The van der Waals surface area contributed by atoms with Crippen LogP contribution in [0.15, 0.2) is 23.3 Å². The third-order valence-corrected chi connectivity index (χ3v) is 10.9. The van der Waals surface area contributed by atoms with Crippen LogP contribution in [0.25, 0.3) is 0 Å². The molecule has 2 fully saturated rings. The normalized spacial score (nSPS) is 35.4. The first-order valence-electron chi connectivity index (χ1n) is 14.1. The largest absolute Gasteiger partial charge is 0.389 e. The minimum absolute atomic E-state index is 0.0668. The molecule has 0 saturated heterocycles. The molecule has 6 heteroatoms. The summed E-state index contributed by atoms with van der Waals surface area (Å²) in [5.41, 5.74) is 2.88. The van der Waals surface area contributed by atoms with E-state index in [1.807, 2.05) is 6.08 Å². The molecule has 0 aromatic carbocycles. The highest BCUT2D eigenvalue weighted by molar-refractivity contribution is 7.84. The maximum atomic E-state index is 13.5. The number of hydrogen-bond donors (Lipinski definition) is 1. The van der Waals surface area contributed by atoms with Crippen molar-refractivity contribution < 1.29 is 17.7 Å². The van der Waals surface area contributed by atoms with Crippen LogP contribution in [-0.2, 0) is 14.5 Å². The molecule has 0 amide bonds. The summed E-state index contributed by atoms with van der Waals surface area (Å²) in [4.78, 5) is 0. The second kappa shape index (κ2) is 11.1. The second-order valence-corrected chi connectivity index (χ2v) is 13.1. The van der Waals surface area contributed by atoms with E-state index < -0.39 is 10.3 Å². The highest BCUT2D eigenvalue weighted by Gasteiger charge is 2.56. The molecule has 4 unspecified atom stereocenters. The Morgan fingerprint density at radius 3 is 2.44 bits per heavy atom. The van der Waals surface area contributed by atoms with Gasteiger partial charge in [0, 0.05) is 13.1 Å². The summed E-state index contributed by atoms with van der Waals surface area (Å²) >= 11 is 0. The molecule has 5 nitrogen and oxygen atoms in total. The zero-order valence-electron chi connectivity index (χ0n) is 21.7. The van der Waals surface area contributed by atoms with Gasteiger partial charge in [-0.1, -0.05) is 64.2 Å². The number of rotatable bonds is 11. The van der Waals surface area contributed by atoms with Gasteiger partial charge in [-0.3, -0.25) is 4.18 Å². The summed E-state index contributed by atoms with van der Waals surface area (Å²) in [6.45, 7) is 7.76. The van der Waals surface area contributed by atoms with Crippen LogP contribution in [0.1, 0.15) is 104 Å². The zero-order valence-corrected chi connectivity index (χ0v) is 22.5. The highest BCUT2D eigenvalue weighted by atomic mass is 32.2. The van der Waals surface area contributed by atoms with Crippen LogP contribution in [-0.4, -0.2) is 43.1 Å². The number of nitrogens with zero attached hydrogens (tertiary/aromatic N) is 1. The molecule has 4 aliphatic rings. The van der Waals surface area contributed by atoms with Gasteiger partial charge in [0.25, 0.3) is 0 Å². The van der Waals surface area contributed by atoms with Gasteiger partial charge in [0.05, 0.1) is 12.2 Å². The first kappa shape index (κ1) is 26.4. The molecular formula is C28H47NO4S. The lowest BCUT2D eigenvalue weighted by molar-refractivity contribution is -0.0196. The van der Waals surface area contributed by atoms with Crippen LogP contribution < -0.4 is 0 Å². The molecule has 1 N–H and O–H groups in total. The van der Waals surface area contributed by atoms with E-state index in [1.165, 1.54) is 17.6 Å². The SMILES string of the molecule is CCCCCN(CCCCC)S(=O)(=O)O[C@H]1CCC2C3CCC4=C(C=CC(O)C4)C3CC[C@@]21C. The van der Waals surface area contributed by atoms with Gasteiger partial charge < -0.3 is 5.11 Å². The van der Waals surface area contributed by atoms with Gasteiger partial charge in [-0.2, -0.15) is 12.7 Å². The van der Waals surface area contributed by atoms with Crippen molar-refractivity contribution in [2.45, 2.75) is 116 Å². The molecule has 4 aliphatic carbocycles. The predicted octanol–water partition coefficient (Wildman–Crippen LogP) is 6.15. The number of allylic oxidation sites excluding steroid dienone is 2. The lowest BCUT2D eigenvalue weighted by Gasteiger charge is -2.51. The Kier molecular flexibility index (Phi) is 8.65. The van der Waals surface area contributed by atoms with Crippen molar-refractivity contribution in [1.29, 1.82) is 0 Å². The lowest BCUT2D eigenvalue weighted by atomic mass is 9.55. The van der Waals surface area contributed by atoms with Gasteiger partial charge in [0.15, 0.2) is 0 Å². The minimum Gasteiger partial charge on any atom is -0.389 e. The van der Waals surface area contributed by atoms with Crippen LogP contribution in [0.3, 0.4) is 0 Å². The molecule has 0 aromatic rings. The van der Waals surface area contributed by atoms with Crippen LogP contribution >= 0.6 is 0 Å². The Hall–Kier alpha value is -0.690. The van der Waals surface area contributed by atoms with Crippen molar-refractivity contribution in [3.63, 3.8) is 0 Å². The van der Waals surface area contributed by atoms with Gasteiger partial charge in [0.1, 0.15) is 0 Å². The van der Waals surface area contributed by atoms with Crippen molar-refractivity contribution >= 4 is 10.3 Å². The van der Waals surface area contributed by atoms with E-state index in [4.69, 9.17) is 4.18 Å². The molecular weight excluding hydrogens is 446 g/mol. The fraction of sp³-hybridized carbons (Fsp3) is 0.857. The van der Waals surface area contributed by atoms with Crippen LogP contribution in [0.4, 0.5) is 0 Å². The van der Waals surface area contributed by atoms with E-state index in [1.54, 1.807) is 4.31 Å². The third-order valence-electron chi connectivity index (χ3n) is 9.47. The average Bonchev–Trinajstić information content (AvgIpc) is 3.13. The molecule has 6 atom stereocenters. The van der Waals surface area contributed by atoms with Crippen molar-refractivity contribution in [1.82, 2.24) is 4.31 Å². The van der Waals surface area contributed by atoms with Crippen LogP contribution in [0, 0.1) is 23.2 Å². The Bertz CT molecular complexity index is 856. The molecule has 0 heterocycles. The summed E-state index contributed by atoms with van der Waals surface area (Å²) in [5.74, 6) is 1.70. The number of unbranched alkanes of at least 4 members (excludes halogenated alkanes) is 4. The van der Waals surface area contributed by atoms with Crippen LogP contribution in [0.5, 0.6) is 0 Å². The van der Waals surface area contributed by atoms with Crippen molar-refractivity contribution in [2.24, 2.45) is 23.2 Å². The second-order valence-electron chi connectivity index (χ2n) is 11.6. The smallest absolute Gasteiger partial charge is 0.338 e. The molecule has 0 aromatic heterocycles. The third kappa shape index (κ3) is 5.35. The zero-order chi connectivity index (χ0) is 24.3. The molecule has 2 saturated carbocycles. The lowest BCUT2D eigenvalue weighted by Crippen LogP contribution is -2.47. The molecule has 4 rings (SSSR count). The summed E-state index contributed by atoms with van der Waals surface area (Å²) < 4.78 is 34.7. The number of aliphatic hydroxyl groups is 1. The van der Waals surface area contributed by atoms with Crippen LogP contribution in [0.2, 0.25) is 0 Å². The quantitative estimate of drug-likeness (QED) is 0.350. The first-order valence-corrected chi connectivity index (χ1v) is 15.4. The van der Waals surface area contributed by atoms with Crippen molar-refractivity contribution in [3.8, 4) is 0 Å². The molecule has 194 valence electrons. The Morgan fingerprint density at radius 1 is 1.06 bits per heavy atom. The van der Waals surface area contributed by atoms with E-state index in [2.05, 4.69) is 26.8 Å². The van der Waals surface area contributed by atoms with E-state index >= 15 is 0 Å². The van der Waals surface area contributed by atoms with Gasteiger partial charge >= 0.3 is 10.3 Å². The summed E-state index contributed by atoms with van der Waals surface area (Å²) in [6.07, 6.45) is 16.8. The van der Waals surface area contributed by atoms with Gasteiger partial charge in [-0.15, -0.1) is 0 Å². The molecule has 0 spiro atoms. The predicted molar refractivity (Wildman–Crippen MR) is 137 cm³/mol. The summed E-state index contributed by atoms with van der Waals surface area (Å²) in [7, 11) is -3.72. The van der Waals surface area contributed by atoms with Gasteiger partial charge in [-0.05, 0) is 86.5 Å². The standard InChI is InChI=1S/C28H47NO4S/c1-4-6-8-18-29(19-9-7-5-2)34(31,32)33-27-15-14-26-25-12-10-21-20-22(30)11-13-23(21)24(25)16-17-28(26,27)3/h11,13,22,24-27,30H,4-10,12,14-20H2,1-3H3/t22?,24?,25?,26?,27-,28-/m0/s1. The average molecular weight is 494 g/mol. The summed E-state index contributed by atoms with van der Waals surface area (Å²) in [5, 5.41) is 10.1. The van der Waals surface area contributed by atoms with E-state index in [0.29, 0.717) is 30.8 Å². The monoisotopic (exact) mass is 493 g/mol. The number of hydrogen-bond acceptors (Lipinski definition) is 4. The first-order chi connectivity index (χ1) is 16.3. The topological polar surface area (TPSA) is 66.8 Å². The molecule has 0 aliphatic heterocycles. The van der Waals surface area contributed by atoms with E-state index in [0.717, 1.165) is 77.0 Å². The number of fused-ring (bicyclic) bond motifs is 4. The molecule has 34 heavy (non-hydrogen) atoms. The molecule has 0 bridgehead atoms. The minimum atomic E-state index is -3.72. The fourth-order valence-electron chi connectivity index (χ4n) is 7.55. The molecule has 0 radical (unpaired) electrons.